The summed E-state index contributed by atoms with van der Waals surface area (Å²) in [6.07, 6.45) is 0.236. The quantitative estimate of drug-likeness (QED) is 0.832. The molecule has 5 nitrogen and oxygen atoms in total. The highest BCUT2D eigenvalue weighted by Crippen LogP contribution is 2.35. The first-order valence-corrected chi connectivity index (χ1v) is 5.76. The van der Waals surface area contributed by atoms with Crippen LogP contribution in [0.15, 0.2) is 18.2 Å². The van der Waals surface area contributed by atoms with Gasteiger partial charge in [0, 0.05) is 12.2 Å². The molecule has 5 heteroatoms. The number of anilines is 1. The zero-order valence-corrected chi connectivity index (χ0v) is 10.4. The second-order valence-electron chi connectivity index (χ2n) is 4.94. The molecular weight excluding hydrogens is 232 g/mol. The molecule has 3 N–H and O–H groups in total. The fraction of sp³-hybridized carbons (Fsp3) is 0.385. The van der Waals surface area contributed by atoms with E-state index < -0.39 is 11.5 Å². The van der Waals surface area contributed by atoms with E-state index in [1.807, 2.05) is 12.1 Å². The fourth-order valence-corrected chi connectivity index (χ4v) is 2.21. The average molecular weight is 248 g/mol. The third kappa shape index (κ3) is 1.76. The summed E-state index contributed by atoms with van der Waals surface area (Å²) >= 11 is 0. The SMILES string of the molecule is CC(C)(C(=O)O)N1C(=O)Cc2cc(CN)ccc21. The molecule has 0 atom stereocenters. The minimum atomic E-state index is -1.24. The summed E-state index contributed by atoms with van der Waals surface area (Å²) in [5.41, 5.74) is 6.77. The van der Waals surface area contributed by atoms with Gasteiger partial charge in [-0.3, -0.25) is 9.69 Å². The van der Waals surface area contributed by atoms with E-state index in [1.54, 1.807) is 6.07 Å². The Labute approximate surface area is 105 Å². The van der Waals surface area contributed by atoms with E-state index in [-0.39, 0.29) is 12.3 Å². The maximum atomic E-state index is 12.0. The zero-order chi connectivity index (χ0) is 13.5. The predicted molar refractivity (Wildman–Crippen MR) is 67.2 cm³/mol. The third-order valence-electron chi connectivity index (χ3n) is 3.29. The summed E-state index contributed by atoms with van der Waals surface area (Å²) < 4.78 is 0. The second kappa shape index (κ2) is 4.10. The summed E-state index contributed by atoms with van der Waals surface area (Å²) in [4.78, 5) is 24.6. The van der Waals surface area contributed by atoms with E-state index in [4.69, 9.17) is 5.73 Å². The van der Waals surface area contributed by atoms with Crippen molar-refractivity contribution in [3.63, 3.8) is 0 Å². The fourth-order valence-electron chi connectivity index (χ4n) is 2.21. The predicted octanol–water partition coefficient (Wildman–Crippen LogP) is 0.898. The number of carboxylic acids is 1. The van der Waals surface area contributed by atoms with Crippen molar-refractivity contribution in [3.05, 3.63) is 29.3 Å². The molecule has 1 aromatic carbocycles. The van der Waals surface area contributed by atoms with Gasteiger partial charge in [0.2, 0.25) is 5.91 Å². The van der Waals surface area contributed by atoms with E-state index in [0.29, 0.717) is 12.2 Å². The van der Waals surface area contributed by atoms with E-state index in [0.717, 1.165) is 11.1 Å². The number of hydrogen-bond acceptors (Lipinski definition) is 3. The van der Waals surface area contributed by atoms with Gasteiger partial charge in [0.15, 0.2) is 0 Å². The van der Waals surface area contributed by atoms with Gasteiger partial charge >= 0.3 is 5.97 Å². The molecule has 0 aliphatic carbocycles. The molecule has 1 amide bonds. The molecule has 1 aliphatic rings. The van der Waals surface area contributed by atoms with E-state index in [1.165, 1.54) is 18.7 Å². The molecule has 0 spiro atoms. The number of amides is 1. The van der Waals surface area contributed by atoms with E-state index in [9.17, 15) is 14.7 Å². The third-order valence-corrected chi connectivity index (χ3v) is 3.29. The first-order chi connectivity index (χ1) is 8.37. The van der Waals surface area contributed by atoms with Gasteiger partial charge in [-0.05, 0) is 31.0 Å². The zero-order valence-electron chi connectivity index (χ0n) is 10.4. The van der Waals surface area contributed by atoms with Crippen LogP contribution in [0.5, 0.6) is 0 Å². The lowest BCUT2D eigenvalue weighted by Gasteiger charge is -2.32. The Balaban J connectivity index is 2.49. The number of fused-ring (bicyclic) bond motifs is 1. The number of hydrogen-bond donors (Lipinski definition) is 2. The standard InChI is InChI=1S/C13H16N2O3/c1-13(2,12(17)18)15-10-4-3-8(7-14)5-9(10)6-11(15)16/h3-5H,6-7,14H2,1-2H3,(H,17,18). The molecule has 0 radical (unpaired) electrons. The van der Waals surface area contributed by atoms with Crippen LogP contribution in [0.4, 0.5) is 5.69 Å². The summed E-state index contributed by atoms with van der Waals surface area (Å²) in [6, 6.07) is 5.46. The molecule has 1 aromatic rings. The van der Waals surface area contributed by atoms with Crippen molar-refractivity contribution >= 4 is 17.6 Å². The molecule has 0 unspecified atom stereocenters. The second-order valence-corrected chi connectivity index (χ2v) is 4.94. The van der Waals surface area contributed by atoms with Crippen molar-refractivity contribution < 1.29 is 14.7 Å². The van der Waals surface area contributed by atoms with Crippen LogP contribution in [-0.2, 0) is 22.6 Å². The Morgan fingerprint density at radius 1 is 1.50 bits per heavy atom. The van der Waals surface area contributed by atoms with Crippen LogP contribution in [0.25, 0.3) is 0 Å². The minimum absolute atomic E-state index is 0.188. The Morgan fingerprint density at radius 3 is 2.72 bits per heavy atom. The number of carbonyl (C=O) groups is 2. The summed E-state index contributed by atoms with van der Waals surface area (Å²) in [5.74, 6) is -1.21. The van der Waals surface area contributed by atoms with Gasteiger partial charge in [-0.15, -0.1) is 0 Å². The van der Waals surface area contributed by atoms with Crippen molar-refractivity contribution in [1.82, 2.24) is 0 Å². The lowest BCUT2D eigenvalue weighted by atomic mass is 10.0. The number of benzene rings is 1. The first-order valence-electron chi connectivity index (χ1n) is 5.76. The largest absolute Gasteiger partial charge is 0.480 e. The molecule has 2 rings (SSSR count). The van der Waals surface area contributed by atoms with Crippen LogP contribution in [0.2, 0.25) is 0 Å². The summed E-state index contributed by atoms with van der Waals surface area (Å²) in [5, 5.41) is 9.23. The van der Waals surface area contributed by atoms with E-state index in [2.05, 4.69) is 0 Å². The number of aliphatic carboxylic acids is 1. The monoisotopic (exact) mass is 248 g/mol. The molecule has 0 bridgehead atoms. The molecule has 96 valence electrons. The average Bonchev–Trinajstić information content (AvgIpc) is 2.63. The van der Waals surface area contributed by atoms with Crippen molar-refractivity contribution in [3.8, 4) is 0 Å². The van der Waals surface area contributed by atoms with Gasteiger partial charge < -0.3 is 10.8 Å². The van der Waals surface area contributed by atoms with Crippen LogP contribution in [0.3, 0.4) is 0 Å². The number of carbonyl (C=O) groups excluding carboxylic acids is 1. The van der Waals surface area contributed by atoms with Gasteiger partial charge in [0.1, 0.15) is 5.54 Å². The Hall–Kier alpha value is -1.88. The van der Waals surface area contributed by atoms with Crippen LogP contribution in [0, 0.1) is 0 Å². The lowest BCUT2D eigenvalue weighted by Crippen LogP contribution is -2.51. The van der Waals surface area contributed by atoms with Crippen molar-refractivity contribution in [2.45, 2.75) is 32.4 Å². The summed E-state index contributed by atoms with van der Waals surface area (Å²) in [6.45, 7) is 3.46. The minimum Gasteiger partial charge on any atom is -0.480 e. The van der Waals surface area contributed by atoms with Gasteiger partial charge in [-0.25, -0.2) is 4.79 Å². The van der Waals surface area contributed by atoms with Crippen molar-refractivity contribution in [2.75, 3.05) is 4.90 Å². The Bertz CT molecular complexity index is 523. The Kier molecular flexibility index (Phi) is 2.86. The van der Waals surface area contributed by atoms with Crippen molar-refractivity contribution in [2.24, 2.45) is 5.73 Å². The normalized spacial score (nSPS) is 14.8. The van der Waals surface area contributed by atoms with Crippen LogP contribution < -0.4 is 10.6 Å². The number of rotatable bonds is 3. The molecule has 1 aliphatic heterocycles. The van der Waals surface area contributed by atoms with Crippen LogP contribution >= 0.6 is 0 Å². The van der Waals surface area contributed by atoms with E-state index >= 15 is 0 Å². The molecule has 18 heavy (non-hydrogen) atoms. The van der Waals surface area contributed by atoms with Gasteiger partial charge in [-0.1, -0.05) is 12.1 Å². The first kappa shape index (κ1) is 12.6. The van der Waals surface area contributed by atoms with Crippen molar-refractivity contribution in [1.29, 1.82) is 0 Å². The van der Waals surface area contributed by atoms with Crippen LogP contribution in [0.1, 0.15) is 25.0 Å². The highest BCUT2D eigenvalue weighted by molar-refractivity contribution is 6.07. The lowest BCUT2D eigenvalue weighted by molar-refractivity contribution is -0.143. The topological polar surface area (TPSA) is 83.6 Å². The van der Waals surface area contributed by atoms with Gasteiger partial charge in [0.05, 0.1) is 6.42 Å². The molecule has 0 saturated carbocycles. The number of nitrogens with zero attached hydrogens (tertiary/aromatic N) is 1. The van der Waals surface area contributed by atoms with Crippen LogP contribution in [-0.4, -0.2) is 22.5 Å². The molecule has 1 heterocycles. The number of carboxylic acid groups (broad SMARTS) is 1. The van der Waals surface area contributed by atoms with Gasteiger partial charge in [-0.2, -0.15) is 0 Å². The van der Waals surface area contributed by atoms with Gasteiger partial charge in [0.25, 0.3) is 0 Å². The molecule has 0 saturated heterocycles. The molecular formula is C13H16N2O3. The smallest absolute Gasteiger partial charge is 0.329 e. The molecule has 0 fully saturated rings. The Morgan fingerprint density at radius 2 is 2.17 bits per heavy atom. The highest BCUT2D eigenvalue weighted by atomic mass is 16.4. The maximum Gasteiger partial charge on any atom is 0.329 e. The molecule has 0 aromatic heterocycles. The maximum absolute atomic E-state index is 12.0. The summed E-state index contributed by atoms with van der Waals surface area (Å²) in [7, 11) is 0. The number of nitrogens with two attached hydrogens (primary N) is 1. The highest BCUT2D eigenvalue weighted by Gasteiger charge is 2.43.